The number of fused-ring (bicyclic) bond motifs is 1. The first-order valence-corrected chi connectivity index (χ1v) is 11.7. The number of nitrogens with one attached hydrogen (secondary N) is 2. The fraction of sp³-hybridized carbons (Fsp3) is 0.125. The molecule has 1 heterocycles. The summed E-state index contributed by atoms with van der Waals surface area (Å²) in [7, 11) is -3.84. The molecule has 0 radical (unpaired) electrons. The quantitative estimate of drug-likeness (QED) is 0.522. The SMILES string of the molecule is Cc1ccc2c(c1)C(=O)N(CCC(=O)Nc1ccccc1NS(=O)(=O)c1ccccc1)C2=O. The van der Waals surface area contributed by atoms with Crippen LogP contribution in [0, 0.1) is 6.92 Å². The van der Waals surface area contributed by atoms with E-state index in [4.69, 9.17) is 0 Å². The van der Waals surface area contributed by atoms with Crippen LogP contribution in [0.2, 0.25) is 0 Å². The lowest BCUT2D eigenvalue weighted by Crippen LogP contribution is -2.33. The number of hydrogen-bond donors (Lipinski definition) is 2. The Labute approximate surface area is 191 Å². The normalized spacial score (nSPS) is 13.1. The third-order valence-electron chi connectivity index (χ3n) is 5.19. The summed E-state index contributed by atoms with van der Waals surface area (Å²) in [5.74, 6) is -1.32. The van der Waals surface area contributed by atoms with E-state index in [-0.39, 0.29) is 29.2 Å². The average Bonchev–Trinajstić information content (AvgIpc) is 3.03. The van der Waals surface area contributed by atoms with E-state index in [9.17, 15) is 22.8 Å². The second-order valence-corrected chi connectivity index (χ2v) is 9.26. The molecule has 0 fully saturated rings. The first-order valence-electron chi connectivity index (χ1n) is 10.2. The second kappa shape index (κ2) is 8.87. The highest BCUT2D eigenvalue weighted by Crippen LogP contribution is 2.26. The number of imide groups is 1. The van der Waals surface area contributed by atoms with Gasteiger partial charge in [-0.05, 0) is 43.3 Å². The molecule has 2 N–H and O–H groups in total. The maximum Gasteiger partial charge on any atom is 0.261 e. The zero-order valence-electron chi connectivity index (χ0n) is 17.7. The van der Waals surface area contributed by atoms with Crippen LogP contribution in [0.3, 0.4) is 0 Å². The van der Waals surface area contributed by atoms with Gasteiger partial charge in [0, 0.05) is 13.0 Å². The van der Waals surface area contributed by atoms with Crippen molar-refractivity contribution in [1.82, 2.24) is 4.90 Å². The Kier molecular flexibility index (Phi) is 5.97. The number of amides is 3. The van der Waals surface area contributed by atoms with Crippen LogP contribution < -0.4 is 10.0 Å². The Bertz CT molecular complexity index is 1350. The lowest BCUT2D eigenvalue weighted by molar-refractivity contribution is -0.116. The first kappa shape index (κ1) is 22.2. The van der Waals surface area contributed by atoms with Crippen LogP contribution in [-0.4, -0.2) is 37.6 Å². The van der Waals surface area contributed by atoms with Gasteiger partial charge in [-0.25, -0.2) is 8.42 Å². The third kappa shape index (κ3) is 4.63. The average molecular weight is 464 g/mol. The fourth-order valence-electron chi connectivity index (χ4n) is 3.52. The van der Waals surface area contributed by atoms with Crippen LogP contribution in [0.4, 0.5) is 11.4 Å². The van der Waals surface area contributed by atoms with Crippen molar-refractivity contribution < 1.29 is 22.8 Å². The number of rotatable bonds is 7. The topological polar surface area (TPSA) is 113 Å². The van der Waals surface area contributed by atoms with Crippen molar-refractivity contribution in [3.63, 3.8) is 0 Å². The molecule has 8 nitrogen and oxygen atoms in total. The van der Waals surface area contributed by atoms with Gasteiger partial charge < -0.3 is 5.32 Å². The van der Waals surface area contributed by atoms with E-state index in [1.54, 1.807) is 54.6 Å². The molecule has 0 saturated carbocycles. The molecule has 3 amide bonds. The van der Waals surface area contributed by atoms with E-state index in [0.717, 1.165) is 10.5 Å². The molecule has 4 rings (SSSR count). The van der Waals surface area contributed by atoms with Crippen LogP contribution in [0.1, 0.15) is 32.7 Å². The zero-order chi connectivity index (χ0) is 23.6. The summed E-state index contributed by atoms with van der Waals surface area (Å²) in [5, 5.41) is 2.65. The van der Waals surface area contributed by atoms with E-state index in [2.05, 4.69) is 10.0 Å². The van der Waals surface area contributed by atoms with Gasteiger partial charge in [-0.2, -0.15) is 0 Å². The van der Waals surface area contributed by atoms with E-state index in [1.165, 1.54) is 18.2 Å². The van der Waals surface area contributed by atoms with Crippen molar-refractivity contribution in [1.29, 1.82) is 0 Å². The summed E-state index contributed by atoms with van der Waals surface area (Å²) in [4.78, 5) is 38.8. The molecule has 0 unspecified atom stereocenters. The van der Waals surface area contributed by atoms with E-state index < -0.39 is 27.7 Å². The molecule has 0 atom stereocenters. The standard InChI is InChI=1S/C24H21N3O5S/c1-16-11-12-18-19(15-16)24(30)27(23(18)29)14-13-22(28)25-20-9-5-6-10-21(20)26-33(31,32)17-7-3-2-4-8-17/h2-12,15,26H,13-14H2,1H3,(H,25,28). The Hall–Kier alpha value is -3.98. The van der Waals surface area contributed by atoms with Gasteiger partial charge in [-0.1, -0.05) is 42.0 Å². The van der Waals surface area contributed by atoms with Crippen LogP contribution in [0.15, 0.2) is 77.7 Å². The monoisotopic (exact) mass is 463 g/mol. The summed E-state index contributed by atoms with van der Waals surface area (Å²) >= 11 is 0. The number of sulfonamides is 1. The minimum atomic E-state index is -3.84. The van der Waals surface area contributed by atoms with Crippen molar-refractivity contribution in [2.75, 3.05) is 16.6 Å². The molecule has 33 heavy (non-hydrogen) atoms. The Balaban J connectivity index is 1.43. The zero-order valence-corrected chi connectivity index (χ0v) is 18.6. The van der Waals surface area contributed by atoms with E-state index >= 15 is 0 Å². The number of hydrogen-bond acceptors (Lipinski definition) is 5. The van der Waals surface area contributed by atoms with Gasteiger partial charge in [0.2, 0.25) is 5.91 Å². The number of aryl methyl sites for hydroxylation is 1. The van der Waals surface area contributed by atoms with Gasteiger partial charge in [-0.15, -0.1) is 0 Å². The van der Waals surface area contributed by atoms with Crippen molar-refractivity contribution in [3.8, 4) is 0 Å². The summed E-state index contributed by atoms with van der Waals surface area (Å²) in [6.07, 6.45) is -0.135. The molecule has 168 valence electrons. The molecule has 3 aromatic carbocycles. The number of para-hydroxylation sites is 2. The van der Waals surface area contributed by atoms with Crippen molar-refractivity contribution in [3.05, 3.63) is 89.5 Å². The van der Waals surface area contributed by atoms with Gasteiger partial charge in [0.25, 0.3) is 21.8 Å². The molecule has 0 spiro atoms. The Morgan fingerprint density at radius 1 is 0.848 bits per heavy atom. The fourth-order valence-corrected chi connectivity index (χ4v) is 4.62. The molecule has 0 bridgehead atoms. The van der Waals surface area contributed by atoms with E-state index in [1.807, 2.05) is 6.92 Å². The molecule has 0 aliphatic carbocycles. The maximum absolute atomic E-state index is 12.6. The molecule has 9 heteroatoms. The van der Waals surface area contributed by atoms with Gasteiger partial charge in [-0.3, -0.25) is 24.0 Å². The van der Waals surface area contributed by atoms with Crippen molar-refractivity contribution in [2.24, 2.45) is 0 Å². The van der Waals surface area contributed by atoms with Crippen molar-refractivity contribution in [2.45, 2.75) is 18.2 Å². The van der Waals surface area contributed by atoms with Crippen LogP contribution in [-0.2, 0) is 14.8 Å². The predicted octanol–water partition coefficient (Wildman–Crippen LogP) is 3.42. The van der Waals surface area contributed by atoms with Crippen LogP contribution >= 0.6 is 0 Å². The minimum Gasteiger partial charge on any atom is -0.324 e. The lowest BCUT2D eigenvalue weighted by atomic mass is 10.1. The van der Waals surface area contributed by atoms with Crippen molar-refractivity contribution >= 4 is 39.1 Å². The number of benzene rings is 3. The molecular weight excluding hydrogens is 442 g/mol. The predicted molar refractivity (Wildman–Crippen MR) is 123 cm³/mol. The summed E-state index contributed by atoms with van der Waals surface area (Å²) in [6.45, 7) is 1.74. The molecule has 0 saturated heterocycles. The highest BCUT2D eigenvalue weighted by Gasteiger charge is 2.35. The maximum atomic E-state index is 12.6. The number of carbonyl (C=O) groups excluding carboxylic acids is 3. The molecule has 0 aromatic heterocycles. The number of carbonyl (C=O) groups is 3. The molecule has 1 aliphatic heterocycles. The molecule has 3 aromatic rings. The van der Waals surface area contributed by atoms with Gasteiger partial charge in [0.15, 0.2) is 0 Å². The van der Waals surface area contributed by atoms with Crippen LogP contribution in [0.5, 0.6) is 0 Å². The Morgan fingerprint density at radius 3 is 2.21 bits per heavy atom. The van der Waals surface area contributed by atoms with E-state index in [0.29, 0.717) is 11.1 Å². The highest BCUT2D eigenvalue weighted by molar-refractivity contribution is 7.92. The number of anilines is 2. The third-order valence-corrected chi connectivity index (χ3v) is 6.57. The molecular formula is C24H21N3O5S. The van der Waals surface area contributed by atoms with Gasteiger partial charge in [0.1, 0.15) is 0 Å². The van der Waals surface area contributed by atoms with Gasteiger partial charge >= 0.3 is 0 Å². The largest absolute Gasteiger partial charge is 0.324 e. The minimum absolute atomic E-state index is 0.0882. The van der Waals surface area contributed by atoms with Crippen LogP contribution in [0.25, 0.3) is 0 Å². The molecule has 1 aliphatic rings. The summed E-state index contributed by atoms with van der Waals surface area (Å²) in [6, 6.07) is 19.3. The Morgan fingerprint density at radius 2 is 1.48 bits per heavy atom. The smallest absolute Gasteiger partial charge is 0.261 e. The second-order valence-electron chi connectivity index (χ2n) is 7.57. The summed E-state index contributed by atoms with van der Waals surface area (Å²) in [5.41, 5.74) is 1.99. The highest BCUT2D eigenvalue weighted by atomic mass is 32.2. The lowest BCUT2D eigenvalue weighted by Gasteiger charge is -2.15. The number of nitrogens with zero attached hydrogens (tertiary/aromatic N) is 1. The first-order chi connectivity index (χ1) is 15.8. The summed E-state index contributed by atoms with van der Waals surface area (Å²) < 4.78 is 27.8. The van der Waals surface area contributed by atoms with Gasteiger partial charge in [0.05, 0.1) is 27.4 Å².